The van der Waals surface area contributed by atoms with E-state index in [9.17, 15) is 22.0 Å². The van der Waals surface area contributed by atoms with Crippen molar-refractivity contribution < 1.29 is 22.0 Å². The van der Waals surface area contributed by atoms with Crippen LogP contribution in [0.1, 0.15) is 17.2 Å². The zero-order valence-corrected chi connectivity index (χ0v) is 8.75. The van der Waals surface area contributed by atoms with Crippen LogP contribution in [0.5, 0.6) is 0 Å². The minimum Gasteiger partial charge on any atom is -0.323 e. The van der Waals surface area contributed by atoms with Gasteiger partial charge in [-0.1, -0.05) is 0 Å². The molecule has 1 aromatic rings. The molecular formula is C9H8F5NS. The first-order valence-corrected chi connectivity index (χ1v) is 4.83. The summed E-state index contributed by atoms with van der Waals surface area (Å²) in [4.78, 5) is 0. The third-order valence-corrected chi connectivity index (χ3v) is 2.36. The second-order valence-electron chi connectivity index (χ2n) is 3.14. The molecule has 0 aliphatic heterocycles. The van der Waals surface area contributed by atoms with Crippen molar-refractivity contribution in [3.63, 3.8) is 0 Å². The lowest BCUT2D eigenvalue weighted by atomic mass is 10.0. The van der Waals surface area contributed by atoms with Crippen LogP contribution < -0.4 is 5.73 Å². The van der Waals surface area contributed by atoms with Gasteiger partial charge in [-0.2, -0.15) is 25.8 Å². The number of benzene rings is 1. The average Bonchev–Trinajstić information content (AvgIpc) is 2.18. The lowest BCUT2D eigenvalue weighted by molar-refractivity contribution is -0.140. The standard InChI is InChI=1S/C9H8F5NS/c10-4-1-5(7(15)3-16)8(11)6(2-4)9(12,13)14/h1-2,7,16H,3,15H2. The molecule has 0 saturated carbocycles. The smallest absolute Gasteiger partial charge is 0.323 e. The molecule has 0 aliphatic rings. The molecule has 16 heavy (non-hydrogen) atoms. The number of thiol groups is 1. The van der Waals surface area contributed by atoms with Crippen molar-refractivity contribution in [2.45, 2.75) is 12.2 Å². The molecule has 1 aromatic carbocycles. The van der Waals surface area contributed by atoms with Crippen molar-refractivity contribution in [3.05, 3.63) is 34.9 Å². The summed E-state index contributed by atoms with van der Waals surface area (Å²) < 4.78 is 63.2. The Balaban J connectivity index is 3.38. The number of rotatable bonds is 2. The fourth-order valence-electron chi connectivity index (χ4n) is 1.18. The van der Waals surface area contributed by atoms with Gasteiger partial charge < -0.3 is 5.73 Å². The minimum absolute atomic E-state index is 0.0856. The molecular weight excluding hydrogens is 249 g/mol. The van der Waals surface area contributed by atoms with E-state index in [2.05, 4.69) is 12.6 Å². The molecule has 0 bridgehead atoms. The van der Waals surface area contributed by atoms with Crippen LogP contribution in [0.3, 0.4) is 0 Å². The Kier molecular flexibility index (Phi) is 3.80. The van der Waals surface area contributed by atoms with Crippen LogP contribution in [-0.4, -0.2) is 5.75 Å². The Bertz CT molecular complexity index is 390. The maximum Gasteiger partial charge on any atom is 0.419 e. The third-order valence-electron chi connectivity index (χ3n) is 1.97. The highest BCUT2D eigenvalue weighted by Crippen LogP contribution is 2.34. The lowest BCUT2D eigenvalue weighted by Crippen LogP contribution is -2.18. The highest BCUT2D eigenvalue weighted by atomic mass is 32.1. The predicted molar refractivity (Wildman–Crippen MR) is 52.1 cm³/mol. The summed E-state index contributed by atoms with van der Waals surface area (Å²) >= 11 is 3.72. The first kappa shape index (κ1) is 13.2. The van der Waals surface area contributed by atoms with Crippen molar-refractivity contribution in [2.75, 3.05) is 5.75 Å². The summed E-state index contributed by atoms with van der Waals surface area (Å²) in [6.45, 7) is 0. The number of hydrogen-bond donors (Lipinski definition) is 2. The molecule has 1 unspecified atom stereocenters. The maximum absolute atomic E-state index is 13.4. The molecule has 0 heterocycles. The molecule has 2 N–H and O–H groups in total. The zero-order valence-electron chi connectivity index (χ0n) is 7.85. The molecule has 0 radical (unpaired) electrons. The van der Waals surface area contributed by atoms with Crippen molar-refractivity contribution in [1.82, 2.24) is 0 Å². The molecule has 0 spiro atoms. The van der Waals surface area contributed by atoms with E-state index in [4.69, 9.17) is 5.73 Å². The number of nitrogens with two attached hydrogens (primary N) is 1. The van der Waals surface area contributed by atoms with E-state index < -0.39 is 35.0 Å². The highest BCUT2D eigenvalue weighted by molar-refractivity contribution is 7.80. The lowest BCUT2D eigenvalue weighted by Gasteiger charge is -2.15. The second kappa shape index (κ2) is 4.58. The van der Waals surface area contributed by atoms with Crippen LogP contribution in [-0.2, 0) is 6.18 Å². The van der Waals surface area contributed by atoms with E-state index in [-0.39, 0.29) is 11.8 Å². The summed E-state index contributed by atoms with van der Waals surface area (Å²) in [5.41, 5.74) is 3.15. The summed E-state index contributed by atoms with van der Waals surface area (Å²) in [7, 11) is 0. The molecule has 0 aliphatic carbocycles. The van der Waals surface area contributed by atoms with Crippen LogP contribution in [0, 0.1) is 11.6 Å². The Hall–Kier alpha value is -0.820. The molecule has 0 fully saturated rings. The van der Waals surface area contributed by atoms with Gasteiger partial charge in [-0.15, -0.1) is 0 Å². The normalized spacial score (nSPS) is 13.9. The van der Waals surface area contributed by atoms with Gasteiger partial charge in [-0.25, -0.2) is 8.78 Å². The quantitative estimate of drug-likeness (QED) is 0.618. The molecule has 1 nitrogen and oxygen atoms in total. The molecule has 1 rings (SSSR count). The molecule has 1 atom stereocenters. The van der Waals surface area contributed by atoms with E-state index in [1.807, 2.05) is 0 Å². The monoisotopic (exact) mass is 257 g/mol. The topological polar surface area (TPSA) is 26.0 Å². The molecule has 90 valence electrons. The van der Waals surface area contributed by atoms with Crippen LogP contribution >= 0.6 is 12.6 Å². The largest absolute Gasteiger partial charge is 0.419 e. The Morgan fingerprint density at radius 2 is 1.81 bits per heavy atom. The van der Waals surface area contributed by atoms with Crippen molar-refractivity contribution in [1.29, 1.82) is 0 Å². The fraction of sp³-hybridized carbons (Fsp3) is 0.333. The van der Waals surface area contributed by atoms with Gasteiger partial charge in [0.15, 0.2) is 0 Å². The van der Waals surface area contributed by atoms with Gasteiger partial charge in [0.05, 0.1) is 5.56 Å². The molecule has 7 heteroatoms. The zero-order chi connectivity index (χ0) is 12.5. The second-order valence-corrected chi connectivity index (χ2v) is 3.51. The number of hydrogen-bond acceptors (Lipinski definition) is 2. The van der Waals surface area contributed by atoms with E-state index >= 15 is 0 Å². The van der Waals surface area contributed by atoms with Crippen molar-refractivity contribution in [2.24, 2.45) is 5.73 Å². The van der Waals surface area contributed by atoms with E-state index in [1.165, 1.54) is 0 Å². The van der Waals surface area contributed by atoms with Gasteiger partial charge in [0, 0.05) is 17.4 Å². The third kappa shape index (κ3) is 2.65. The van der Waals surface area contributed by atoms with Gasteiger partial charge in [-0.3, -0.25) is 0 Å². The Labute approximate surface area is 93.8 Å². The number of halogens is 5. The highest BCUT2D eigenvalue weighted by Gasteiger charge is 2.36. The molecule has 0 saturated heterocycles. The van der Waals surface area contributed by atoms with Gasteiger partial charge in [0.1, 0.15) is 11.6 Å². The first-order valence-electron chi connectivity index (χ1n) is 4.20. The van der Waals surface area contributed by atoms with Crippen LogP contribution in [0.2, 0.25) is 0 Å². The van der Waals surface area contributed by atoms with Gasteiger partial charge in [-0.05, 0) is 12.1 Å². The van der Waals surface area contributed by atoms with Crippen molar-refractivity contribution in [3.8, 4) is 0 Å². The first-order chi connectivity index (χ1) is 7.27. The SMILES string of the molecule is NC(CS)c1cc(F)cc(C(F)(F)F)c1F. The van der Waals surface area contributed by atoms with Gasteiger partial charge in [0.2, 0.25) is 0 Å². The Morgan fingerprint density at radius 1 is 1.25 bits per heavy atom. The predicted octanol–water partition coefficient (Wildman–Crippen LogP) is 2.91. The van der Waals surface area contributed by atoms with Crippen LogP contribution in [0.15, 0.2) is 12.1 Å². The average molecular weight is 257 g/mol. The van der Waals surface area contributed by atoms with E-state index in [1.54, 1.807) is 0 Å². The Morgan fingerprint density at radius 3 is 2.25 bits per heavy atom. The fourth-order valence-corrected chi connectivity index (χ4v) is 1.38. The summed E-state index contributed by atoms with van der Waals surface area (Å²) in [6.07, 6.45) is -4.95. The van der Waals surface area contributed by atoms with Gasteiger partial charge in [0.25, 0.3) is 0 Å². The molecule has 0 aromatic heterocycles. The summed E-state index contributed by atoms with van der Waals surface area (Å²) in [5.74, 6) is -2.81. The summed E-state index contributed by atoms with van der Waals surface area (Å²) in [5, 5.41) is 0. The van der Waals surface area contributed by atoms with Gasteiger partial charge >= 0.3 is 6.18 Å². The van der Waals surface area contributed by atoms with Crippen LogP contribution in [0.4, 0.5) is 22.0 Å². The maximum atomic E-state index is 13.4. The molecule has 0 amide bonds. The minimum atomic E-state index is -4.95. The van der Waals surface area contributed by atoms with E-state index in [0.717, 1.165) is 0 Å². The van der Waals surface area contributed by atoms with E-state index in [0.29, 0.717) is 6.07 Å². The summed E-state index contributed by atoms with van der Waals surface area (Å²) in [6, 6.07) is -0.338. The van der Waals surface area contributed by atoms with Crippen molar-refractivity contribution >= 4 is 12.6 Å². The van der Waals surface area contributed by atoms with Crippen LogP contribution in [0.25, 0.3) is 0 Å². The number of alkyl halides is 3.